The second-order valence-electron chi connectivity index (χ2n) is 7.02. The molecular formula is C20H20ClN7O2S. The molecule has 0 saturated carbocycles. The monoisotopic (exact) mass is 457 g/mol. The first-order chi connectivity index (χ1) is 14.6. The number of nitrogens with one attached hydrogen (secondary N) is 1. The Morgan fingerprint density at radius 3 is 2.68 bits per heavy atom. The number of nitrogens with two attached hydrogens (primary N) is 1. The van der Waals surface area contributed by atoms with E-state index in [9.17, 15) is 8.42 Å². The van der Waals surface area contributed by atoms with Gasteiger partial charge in [-0.1, -0.05) is 11.6 Å². The van der Waals surface area contributed by atoms with Crippen molar-refractivity contribution in [2.45, 2.75) is 11.8 Å². The molecule has 4 rings (SSSR count). The van der Waals surface area contributed by atoms with Gasteiger partial charge in [-0.05, 0) is 49.4 Å². The zero-order valence-corrected chi connectivity index (χ0v) is 18.6. The fourth-order valence-electron chi connectivity index (χ4n) is 3.18. The van der Waals surface area contributed by atoms with Gasteiger partial charge in [-0.3, -0.25) is 4.68 Å². The Balaban J connectivity index is 1.63. The average molecular weight is 458 g/mol. The van der Waals surface area contributed by atoms with Crippen molar-refractivity contribution in [2.75, 3.05) is 17.3 Å². The van der Waals surface area contributed by atoms with Crippen molar-refractivity contribution < 1.29 is 8.42 Å². The largest absolute Gasteiger partial charge is 0.329 e. The summed E-state index contributed by atoms with van der Waals surface area (Å²) in [7, 11) is -0.145. The predicted molar refractivity (Wildman–Crippen MR) is 122 cm³/mol. The van der Waals surface area contributed by atoms with E-state index >= 15 is 0 Å². The van der Waals surface area contributed by atoms with Gasteiger partial charge in [0.1, 0.15) is 10.7 Å². The van der Waals surface area contributed by atoms with E-state index in [1.807, 2.05) is 48.8 Å². The quantitative estimate of drug-likeness (QED) is 0.470. The van der Waals surface area contributed by atoms with E-state index in [1.165, 1.54) is 12.1 Å². The van der Waals surface area contributed by atoms with E-state index in [-0.39, 0.29) is 9.92 Å². The van der Waals surface area contributed by atoms with Crippen LogP contribution in [0.25, 0.3) is 10.9 Å². The summed E-state index contributed by atoms with van der Waals surface area (Å²) in [6.07, 6.45) is 1.61. The lowest BCUT2D eigenvalue weighted by molar-refractivity contribution is 0.598. The van der Waals surface area contributed by atoms with Crippen LogP contribution in [0.15, 0.2) is 53.6 Å². The molecule has 0 bridgehead atoms. The van der Waals surface area contributed by atoms with Crippen LogP contribution >= 0.6 is 11.6 Å². The van der Waals surface area contributed by atoms with Gasteiger partial charge in [0.25, 0.3) is 0 Å². The van der Waals surface area contributed by atoms with E-state index in [0.717, 1.165) is 22.3 Å². The van der Waals surface area contributed by atoms with Gasteiger partial charge in [-0.15, -0.1) is 0 Å². The van der Waals surface area contributed by atoms with Crippen molar-refractivity contribution in [3.05, 3.63) is 59.4 Å². The van der Waals surface area contributed by atoms with E-state index in [0.29, 0.717) is 17.5 Å². The molecule has 3 N–H and O–H groups in total. The fourth-order valence-corrected chi connectivity index (χ4v) is 4.26. The second-order valence-corrected chi connectivity index (χ2v) is 8.96. The number of aryl methyl sites for hydroxylation is 2. The number of fused-ring (bicyclic) bond motifs is 1. The number of rotatable bonds is 5. The Morgan fingerprint density at radius 2 is 1.94 bits per heavy atom. The van der Waals surface area contributed by atoms with Gasteiger partial charge >= 0.3 is 0 Å². The summed E-state index contributed by atoms with van der Waals surface area (Å²) in [5.41, 5.74) is 3.35. The molecule has 2 aromatic heterocycles. The minimum Gasteiger partial charge on any atom is -0.329 e. The first kappa shape index (κ1) is 21.0. The van der Waals surface area contributed by atoms with Crippen LogP contribution in [0.3, 0.4) is 0 Å². The number of aromatic nitrogens is 4. The van der Waals surface area contributed by atoms with Crippen LogP contribution in [-0.2, 0) is 17.1 Å². The molecule has 0 aliphatic rings. The number of sulfonamides is 1. The molecule has 0 unspecified atom stereocenters. The summed E-state index contributed by atoms with van der Waals surface area (Å²) >= 11 is 5.94. The topological polar surface area (TPSA) is 119 Å². The molecule has 2 heterocycles. The third-order valence-electron chi connectivity index (χ3n) is 4.98. The van der Waals surface area contributed by atoms with Gasteiger partial charge in [0.15, 0.2) is 0 Å². The maximum Gasteiger partial charge on any atom is 0.239 e. The minimum atomic E-state index is -3.95. The normalized spacial score (nSPS) is 11.6. The Kier molecular flexibility index (Phi) is 5.29. The van der Waals surface area contributed by atoms with Crippen LogP contribution in [0.1, 0.15) is 5.69 Å². The van der Waals surface area contributed by atoms with Crippen molar-refractivity contribution in [3.63, 3.8) is 0 Å². The third kappa shape index (κ3) is 4.18. The van der Waals surface area contributed by atoms with Crippen LogP contribution in [0, 0.1) is 6.92 Å². The smallest absolute Gasteiger partial charge is 0.239 e. The number of halogens is 1. The van der Waals surface area contributed by atoms with Crippen molar-refractivity contribution in [1.82, 2.24) is 19.7 Å². The highest BCUT2D eigenvalue weighted by atomic mass is 35.5. The van der Waals surface area contributed by atoms with E-state index in [1.54, 1.807) is 18.3 Å². The molecule has 0 spiro atoms. The summed E-state index contributed by atoms with van der Waals surface area (Å²) < 4.78 is 25.2. The van der Waals surface area contributed by atoms with Gasteiger partial charge in [-0.25, -0.2) is 18.5 Å². The highest BCUT2D eigenvalue weighted by Gasteiger charge is 2.15. The Bertz CT molecular complexity index is 1400. The predicted octanol–water partition coefficient (Wildman–Crippen LogP) is 3.48. The third-order valence-corrected chi connectivity index (χ3v) is 6.37. The number of anilines is 4. The molecule has 0 aliphatic carbocycles. The molecule has 2 aromatic carbocycles. The summed E-state index contributed by atoms with van der Waals surface area (Å²) in [6.45, 7) is 2.03. The molecule has 0 aliphatic heterocycles. The number of hydrogen-bond donors (Lipinski definition) is 2. The first-order valence-corrected chi connectivity index (χ1v) is 11.2. The standard InChI is InChI=1S/C20H20ClN7O2S/c1-12-15-6-5-14(11-17(15)26-28(12)3)27(2)19-8-9-23-20(25-19)24-13-4-7-16(21)18(10-13)31(22,29)30/h4-11H,1-3H3,(H2,22,29,30)(H,23,24,25). The van der Waals surface area contributed by atoms with Gasteiger partial charge < -0.3 is 10.2 Å². The van der Waals surface area contributed by atoms with Crippen LogP contribution in [0.2, 0.25) is 5.02 Å². The van der Waals surface area contributed by atoms with E-state index in [4.69, 9.17) is 16.7 Å². The van der Waals surface area contributed by atoms with Gasteiger partial charge in [0.2, 0.25) is 16.0 Å². The lowest BCUT2D eigenvalue weighted by Crippen LogP contribution is -2.13. The highest BCUT2D eigenvalue weighted by Crippen LogP contribution is 2.28. The van der Waals surface area contributed by atoms with E-state index < -0.39 is 10.0 Å². The maximum atomic E-state index is 11.7. The summed E-state index contributed by atoms with van der Waals surface area (Å²) in [5, 5.41) is 13.9. The van der Waals surface area contributed by atoms with Crippen molar-refractivity contribution in [3.8, 4) is 0 Å². The Labute approximate surface area is 184 Å². The molecule has 4 aromatic rings. The molecule has 0 amide bonds. The summed E-state index contributed by atoms with van der Waals surface area (Å²) in [5.74, 6) is 0.937. The molecule has 31 heavy (non-hydrogen) atoms. The molecule has 11 heteroatoms. The van der Waals surface area contributed by atoms with E-state index in [2.05, 4.69) is 20.4 Å². The molecule has 0 radical (unpaired) electrons. The number of hydrogen-bond acceptors (Lipinski definition) is 7. The molecule has 0 fully saturated rings. The summed E-state index contributed by atoms with van der Waals surface area (Å²) in [6, 6.07) is 12.2. The van der Waals surface area contributed by atoms with Gasteiger partial charge in [0.05, 0.1) is 10.5 Å². The molecule has 9 nitrogen and oxygen atoms in total. The van der Waals surface area contributed by atoms with Gasteiger partial charge in [-0.2, -0.15) is 10.1 Å². The molecule has 0 saturated heterocycles. The molecule has 160 valence electrons. The van der Waals surface area contributed by atoms with Crippen LogP contribution in [0.5, 0.6) is 0 Å². The zero-order chi connectivity index (χ0) is 22.3. The minimum absolute atomic E-state index is 0.0441. The molecular weight excluding hydrogens is 438 g/mol. The maximum absolute atomic E-state index is 11.7. The number of primary sulfonamides is 1. The first-order valence-electron chi connectivity index (χ1n) is 9.23. The number of nitrogens with zero attached hydrogens (tertiary/aromatic N) is 5. The zero-order valence-electron chi connectivity index (χ0n) is 17.0. The lowest BCUT2D eigenvalue weighted by Gasteiger charge is -2.19. The van der Waals surface area contributed by atoms with Crippen molar-refractivity contribution in [2.24, 2.45) is 12.2 Å². The SMILES string of the molecule is Cc1c2ccc(N(C)c3ccnc(Nc4ccc(Cl)c(S(N)(=O)=O)c4)n3)cc2nn1C. The second kappa shape index (κ2) is 7.80. The Hall–Kier alpha value is -3.21. The van der Waals surface area contributed by atoms with Crippen LogP contribution in [0.4, 0.5) is 23.1 Å². The van der Waals surface area contributed by atoms with Crippen LogP contribution in [-0.4, -0.2) is 35.2 Å². The fraction of sp³-hybridized carbons (Fsp3) is 0.150. The van der Waals surface area contributed by atoms with Crippen LogP contribution < -0.4 is 15.4 Å². The lowest BCUT2D eigenvalue weighted by atomic mass is 10.2. The molecule has 0 atom stereocenters. The van der Waals surface area contributed by atoms with Gasteiger partial charge in [0, 0.05) is 42.7 Å². The number of benzene rings is 2. The van der Waals surface area contributed by atoms with Crippen molar-refractivity contribution in [1.29, 1.82) is 0 Å². The van der Waals surface area contributed by atoms with Crippen molar-refractivity contribution >= 4 is 55.7 Å². The average Bonchev–Trinajstić information content (AvgIpc) is 3.01. The Morgan fingerprint density at radius 1 is 1.16 bits per heavy atom. The highest BCUT2D eigenvalue weighted by molar-refractivity contribution is 7.89. The summed E-state index contributed by atoms with van der Waals surface area (Å²) in [4.78, 5) is 10.5.